The van der Waals surface area contributed by atoms with Gasteiger partial charge in [-0.05, 0) is 38.3 Å². The molecule has 3 atom stereocenters. The summed E-state index contributed by atoms with van der Waals surface area (Å²) in [6.45, 7) is 7.79. The highest BCUT2D eigenvalue weighted by Gasteiger charge is 2.39. The van der Waals surface area contributed by atoms with Gasteiger partial charge in [-0.25, -0.2) is 0 Å². The third-order valence-electron chi connectivity index (χ3n) is 3.82. The molecule has 1 fully saturated rings. The number of halogens is 1. The maximum atomic E-state index is 5.16. The SMILES string of the molecule is CCN=C(NC(C)COC)NC1CC1c1ccccc1C.I. The van der Waals surface area contributed by atoms with Crippen molar-refractivity contribution >= 4 is 29.9 Å². The molecular weight excluding hydrogens is 389 g/mol. The Bertz CT molecular complexity index is 493. The Hall–Kier alpha value is -0.820. The number of rotatable bonds is 6. The number of hydrogen-bond donors (Lipinski definition) is 2. The highest BCUT2D eigenvalue weighted by atomic mass is 127. The highest BCUT2D eigenvalue weighted by molar-refractivity contribution is 14.0. The quantitative estimate of drug-likeness (QED) is 0.425. The number of guanidine groups is 1. The van der Waals surface area contributed by atoms with Crippen LogP contribution >= 0.6 is 24.0 Å². The van der Waals surface area contributed by atoms with Crippen LogP contribution in [0.15, 0.2) is 29.3 Å². The summed E-state index contributed by atoms with van der Waals surface area (Å²) < 4.78 is 5.16. The van der Waals surface area contributed by atoms with Gasteiger partial charge in [-0.15, -0.1) is 24.0 Å². The van der Waals surface area contributed by atoms with Crippen molar-refractivity contribution in [3.63, 3.8) is 0 Å². The van der Waals surface area contributed by atoms with Crippen LogP contribution in [0.5, 0.6) is 0 Å². The minimum atomic E-state index is 0. The van der Waals surface area contributed by atoms with Gasteiger partial charge >= 0.3 is 0 Å². The second kappa shape index (κ2) is 9.35. The van der Waals surface area contributed by atoms with Crippen LogP contribution in [0.3, 0.4) is 0 Å². The summed E-state index contributed by atoms with van der Waals surface area (Å²) in [6, 6.07) is 9.38. The molecule has 5 heteroatoms. The monoisotopic (exact) mass is 417 g/mol. The van der Waals surface area contributed by atoms with E-state index in [0.717, 1.165) is 12.5 Å². The summed E-state index contributed by atoms with van der Waals surface area (Å²) in [7, 11) is 1.72. The zero-order valence-electron chi connectivity index (χ0n) is 13.9. The van der Waals surface area contributed by atoms with Crippen LogP contribution in [0.2, 0.25) is 0 Å². The van der Waals surface area contributed by atoms with E-state index >= 15 is 0 Å². The maximum Gasteiger partial charge on any atom is 0.191 e. The van der Waals surface area contributed by atoms with Crippen molar-refractivity contribution < 1.29 is 4.74 Å². The minimum Gasteiger partial charge on any atom is -0.383 e. The highest BCUT2D eigenvalue weighted by Crippen LogP contribution is 2.41. The second-order valence-corrected chi connectivity index (χ2v) is 5.77. The van der Waals surface area contributed by atoms with E-state index in [9.17, 15) is 0 Å². The Kier molecular flexibility index (Phi) is 8.17. The molecule has 1 saturated carbocycles. The molecule has 0 saturated heterocycles. The van der Waals surface area contributed by atoms with Crippen molar-refractivity contribution in [1.29, 1.82) is 0 Å². The van der Waals surface area contributed by atoms with Gasteiger partial charge in [0.15, 0.2) is 5.96 Å². The van der Waals surface area contributed by atoms with Crippen LogP contribution in [-0.2, 0) is 4.74 Å². The van der Waals surface area contributed by atoms with Crippen LogP contribution in [0.1, 0.15) is 37.3 Å². The van der Waals surface area contributed by atoms with E-state index in [1.807, 2.05) is 0 Å². The van der Waals surface area contributed by atoms with Crippen LogP contribution in [-0.4, -0.2) is 38.3 Å². The van der Waals surface area contributed by atoms with E-state index in [1.165, 1.54) is 17.5 Å². The molecule has 1 aliphatic carbocycles. The standard InChI is InChI=1S/C17H27N3O.HI/c1-5-18-17(19-13(3)11-21-4)20-16-10-15(16)14-9-7-6-8-12(14)2;/h6-9,13,15-16H,5,10-11H2,1-4H3,(H2,18,19,20);1H. The average Bonchev–Trinajstić information content (AvgIpc) is 3.18. The van der Waals surface area contributed by atoms with Gasteiger partial charge in [0.25, 0.3) is 0 Å². The number of hydrogen-bond acceptors (Lipinski definition) is 2. The zero-order valence-corrected chi connectivity index (χ0v) is 16.3. The maximum absolute atomic E-state index is 5.16. The van der Waals surface area contributed by atoms with Crippen molar-refractivity contribution in [2.45, 2.75) is 45.2 Å². The molecule has 1 aromatic rings. The van der Waals surface area contributed by atoms with E-state index in [1.54, 1.807) is 7.11 Å². The third-order valence-corrected chi connectivity index (χ3v) is 3.82. The molecule has 0 aromatic heterocycles. The first-order valence-corrected chi connectivity index (χ1v) is 7.77. The molecule has 2 N–H and O–H groups in total. The van der Waals surface area contributed by atoms with Gasteiger partial charge in [-0.2, -0.15) is 0 Å². The second-order valence-electron chi connectivity index (χ2n) is 5.77. The van der Waals surface area contributed by atoms with Crippen LogP contribution in [0.25, 0.3) is 0 Å². The van der Waals surface area contributed by atoms with Crippen LogP contribution in [0, 0.1) is 6.92 Å². The Balaban J connectivity index is 0.00000242. The van der Waals surface area contributed by atoms with E-state index in [2.05, 4.69) is 60.7 Å². The summed E-state index contributed by atoms with van der Waals surface area (Å²) in [5.41, 5.74) is 2.83. The summed E-state index contributed by atoms with van der Waals surface area (Å²) in [4.78, 5) is 4.52. The largest absolute Gasteiger partial charge is 0.383 e. The van der Waals surface area contributed by atoms with Gasteiger partial charge < -0.3 is 15.4 Å². The van der Waals surface area contributed by atoms with Gasteiger partial charge in [0.05, 0.1) is 6.61 Å². The lowest BCUT2D eigenvalue weighted by atomic mass is 10.0. The van der Waals surface area contributed by atoms with Gasteiger partial charge in [0.2, 0.25) is 0 Å². The first-order chi connectivity index (χ1) is 10.2. The fourth-order valence-electron chi connectivity index (χ4n) is 2.69. The van der Waals surface area contributed by atoms with E-state index in [-0.39, 0.29) is 30.0 Å². The zero-order chi connectivity index (χ0) is 15.2. The van der Waals surface area contributed by atoms with Gasteiger partial charge in [-0.3, -0.25) is 4.99 Å². The number of ether oxygens (including phenoxy) is 1. The molecular formula is C17H28IN3O. The predicted molar refractivity (Wildman–Crippen MR) is 103 cm³/mol. The van der Waals surface area contributed by atoms with Crippen molar-refractivity contribution in [1.82, 2.24) is 10.6 Å². The predicted octanol–water partition coefficient (Wildman–Crippen LogP) is 3.06. The molecule has 0 bridgehead atoms. The fraction of sp³-hybridized carbons (Fsp3) is 0.588. The molecule has 1 aromatic carbocycles. The first-order valence-electron chi connectivity index (χ1n) is 7.77. The first kappa shape index (κ1) is 19.2. The van der Waals surface area contributed by atoms with Gasteiger partial charge in [-0.1, -0.05) is 24.3 Å². The molecule has 2 rings (SSSR count). The molecule has 124 valence electrons. The van der Waals surface area contributed by atoms with Crippen molar-refractivity contribution in [3.8, 4) is 0 Å². The molecule has 0 heterocycles. The van der Waals surface area contributed by atoms with Crippen LogP contribution < -0.4 is 10.6 Å². The number of nitrogens with zero attached hydrogens (tertiary/aromatic N) is 1. The summed E-state index contributed by atoms with van der Waals surface area (Å²) in [5, 5.41) is 6.93. The number of methoxy groups -OCH3 is 1. The minimum absolute atomic E-state index is 0. The number of aliphatic imine (C=N–C) groups is 1. The number of nitrogens with one attached hydrogen (secondary N) is 2. The Labute approximate surface area is 151 Å². The number of benzene rings is 1. The molecule has 3 unspecified atom stereocenters. The van der Waals surface area contributed by atoms with Crippen molar-refractivity contribution in [2.24, 2.45) is 4.99 Å². The molecule has 0 radical (unpaired) electrons. The summed E-state index contributed by atoms with van der Waals surface area (Å²) >= 11 is 0. The lowest BCUT2D eigenvalue weighted by molar-refractivity contribution is 0.179. The molecule has 0 spiro atoms. The van der Waals surface area contributed by atoms with E-state index in [0.29, 0.717) is 18.6 Å². The summed E-state index contributed by atoms with van der Waals surface area (Å²) in [6.07, 6.45) is 1.17. The Morgan fingerprint density at radius 2 is 2.14 bits per heavy atom. The van der Waals surface area contributed by atoms with E-state index in [4.69, 9.17) is 4.74 Å². The van der Waals surface area contributed by atoms with Crippen molar-refractivity contribution in [3.05, 3.63) is 35.4 Å². The normalized spacial score (nSPS) is 21.7. The van der Waals surface area contributed by atoms with Gasteiger partial charge in [0, 0.05) is 31.7 Å². The average molecular weight is 417 g/mol. The molecule has 4 nitrogen and oxygen atoms in total. The smallest absolute Gasteiger partial charge is 0.191 e. The number of aryl methyl sites for hydroxylation is 1. The molecule has 22 heavy (non-hydrogen) atoms. The summed E-state index contributed by atoms with van der Waals surface area (Å²) in [5.74, 6) is 1.50. The van der Waals surface area contributed by atoms with Gasteiger partial charge in [0.1, 0.15) is 0 Å². The Morgan fingerprint density at radius 1 is 1.41 bits per heavy atom. The molecule has 0 amide bonds. The molecule has 1 aliphatic rings. The molecule has 0 aliphatic heterocycles. The lowest BCUT2D eigenvalue weighted by Crippen LogP contribution is -2.45. The lowest BCUT2D eigenvalue weighted by Gasteiger charge is -2.17. The van der Waals surface area contributed by atoms with E-state index < -0.39 is 0 Å². The fourth-order valence-corrected chi connectivity index (χ4v) is 2.69. The topological polar surface area (TPSA) is 45.7 Å². The third kappa shape index (κ3) is 5.43. The van der Waals surface area contributed by atoms with Crippen molar-refractivity contribution in [2.75, 3.05) is 20.3 Å². The Morgan fingerprint density at radius 3 is 2.77 bits per heavy atom. The van der Waals surface area contributed by atoms with Crippen LogP contribution in [0.4, 0.5) is 0 Å².